The lowest BCUT2D eigenvalue weighted by Crippen LogP contribution is -2.38. The van der Waals surface area contributed by atoms with Crippen LogP contribution in [0.1, 0.15) is 51.9 Å². The van der Waals surface area contributed by atoms with Gasteiger partial charge < -0.3 is 5.73 Å². The van der Waals surface area contributed by atoms with Gasteiger partial charge in [0.1, 0.15) is 0 Å². The van der Waals surface area contributed by atoms with E-state index in [4.69, 9.17) is 5.73 Å². The minimum atomic E-state index is -0.585. The average Bonchev–Trinajstić information content (AvgIpc) is 2.35. The SMILES string of the molecule is C/C(=N\NC(N)=O)C12CCCC=C1CCCC2. The predicted octanol–water partition coefficient (Wildman–Crippen LogP) is 2.70. The fourth-order valence-corrected chi connectivity index (χ4v) is 3.25. The van der Waals surface area contributed by atoms with Crippen molar-refractivity contribution in [3.8, 4) is 0 Å². The van der Waals surface area contributed by atoms with Gasteiger partial charge in [-0.2, -0.15) is 5.10 Å². The molecule has 2 aliphatic carbocycles. The van der Waals surface area contributed by atoms with E-state index in [0.29, 0.717) is 0 Å². The summed E-state index contributed by atoms with van der Waals surface area (Å²) >= 11 is 0. The third-order valence-corrected chi connectivity index (χ3v) is 4.14. The van der Waals surface area contributed by atoms with Crippen molar-refractivity contribution in [1.82, 2.24) is 5.43 Å². The Kier molecular flexibility index (Phi) is 3.50. The van der Waals surface area contributed by atoms with Crippen LogP contribution in [-0.4, -0.2) is 11.7 Å². The molecule has 0 saturated heterocycles. The lowest BCUT2D eigenvalue weighted by Gasteiger charge is -2.42. The summed E-state index contributed by atoms with van der Waals surface area (Å²) in [5.74, 6) is 0. The van der Waals surface area contributed by atoms with E-state index in [2.05, 4.69) is 16.6 Å². The molecule has 0 radical (unpaired) electrons. The molecule has 0 spiro atoms. The van der Waals surface area contributed by atoms with Gasteiger partial charge in [-0.15, -0.1) is 0 Å². The van der Waals surface area contributed by atoms with Gasteiger partial charge in [0, 0.05) is 11.1 Å². The van der Waals surface area contributed by atoms with Crippen LogP contribution in [0.25, 0.3) is 0 Å². The topological polar surface area (TPSA) is 67.5 Å². The van der Waals surface area contributed by atoms with E-state index in [1.807, 2.05) is 6.92 Å². The highest BCUT2D eigenvalue weighted by Gasteiger charge is 2.40. The summed E-state index contributed by atoms with van der Waals surface area (Å²) in [6.45, 7) is 2.01. The fourth-order valence-electron chi connectivity index (χ4n) is 3.25. The summed E-state index contributed by atoms with van der Waals surface area (Å²) in [6, 6.07) is -0.585. The molecular formula is C13H21N3O. The van der Waals surface area contributed by atoms with Gasteiger partial charge in [0.05, 0.1) is 0 Å². The van der Waals surface area contributed by atoms with Crippen LogP contribution in [0.2, 0.25) is 0 Å². The minimum absolute atomic E-state index is 0.110. The third-order valence-electron chi connectivity index (χ3n) is 4.14. The second-order valence-electron chi connectivity index (χ2n) is 5.08. The van der Waals surface area contributed by atoms with Crippen LogP contribution < -0.4 is 11.2 Å². The average molecular weight is 235 g/mol. The highest BCUT2D eigenvalue weighted by molar-refractivity contribution is 5.92. The van der Waals surface area contributed by atoms with Crippen LogP contribution in [0.3, 0.4) is 0 Å². The van der Waals surface area contributed by atoms with Gasteiger partial charge in [0.25, 0.3) is 0 Å². The number of fused-ring (bicyclic) bond motifs is 1. The Labute approximate surface area is 102 Å². The van der Waals surface area contributed by atoms with Crippen LogP contribution in [0.15, 0.2) is 16.8 Å². The van der Waals surface area contributed by atoms with Crippen molar-refractivity contribution in [2.75, 3.05) is 0 Å². The van der Waals surface area contributed by atoms with Crippen molar-refractivity contribution in [3.63, 3.8) is 0 Å². The van der Waals surface area contributed by atoms with E-state index in [0.717, 1.165) is 18.6 Å². The molecule has 0 bridgehead atoms. The van der Waals surface area contributed by atoms with Gasteiger partial charge in [0.15, 0.2) is 0 Å². The number of hydrogen-bond acceptors (Lipinski definition) is 2. The molecule has 2 amide bonds. The molecule has 1 atom stereocenters. The van der Waals surface area contributed by atoms with Crippen molar-refractivity contribution in [1.29, 1.82) is 0 Å². The van der Waals surface area contributed by atoms with Gasteiger partial charge in [-0.05, 0) is 45.4 Å². The molecule has 1 saturated carbocycles. The van der Waals surface area contributed by atoms with Crippen molar-refractivity contribution in [3.05, 3.63) is 11.6 Å². The molecule has 0 aromatic carbocycles. The van der Waals surface area contributed by atoms with E-state index in [9.17, 15) is 4.79 Å². The molecule has 3 N–H and O–H groups in total. The molecule has 0 heterocycles. The maximum Gasteiger partial charge on any atom is 0.332 e. The predicted molar refractivity (Wildman–Crippen MR) is 68.7 cm³/mol. The quantitative estimate of drug-likeness (QED) is 0.431. The second kappa shape index (κ2) is 4.90. The van der Waals surface area contributed by atoms with Crippen LogP contribution in [0.5, 0.6) is 0 Å². The van der Waals surface area contributed by atoms with Crippen molar-refractivity contribution in [2.45, 2.75) is 51.9 Å². The van der Waals surface area contributed by atoms with Gasteiger partial charge in [0.2, 0.25) is 0 Å². The molecule has 1 unspecified atom stereocenters. The maximum absolute atomic E-state index is 10.7. The van der Waals surface area contributed by atoms with E-state index in [-0.39, 0.29) is 5.41 Å². The van der Waals surface area contributed by atoms with Crippen molar-refractivity contribution >= 4 is 11.7 Å². The number of amides is 2. The Morgan fingerprint density at radius 2 is 2.18 bits per heavy atom. The number of carbonyl (C=O) groups excluding carboxylic acids is 1. The largest absolute Gasteiger partial charge is 0.350 e. The zero-order valence-electron chi connectivity index (χ0n) is 10.5. The molecule has 4 nitrogen and oxygen atoms in total. The Bertz CT molecular complexity index is 373. The smallest absolute Gasteiger partial charge is 0.332 e. The molecule has 0 aromatic heterocycles. The molecule has 2 rings (SSSR count). The molecule has 2 aliphatic rings. The van der Waals surface area contributed by atoms with E-state index in [1.165, 1.54) is 37.7 Å². The molecule has 4 heteroatoms. The van der Waals surface area contributed by atoms with Crippen molar-refractivity contribution in [2.24, 2.45) is 16.3 Å². The Morgan fingerprint density at radius 1 is 1.41 bits per heavy atom. The molecule has 0 aromatic rings. The summed E-state index contributed by atoms with van der Waals surface area (Å²) in [4.78, 5) is 10.7. The number of nitrogens with zero attached hydrogens (tertiary/aromatic N) is 1. The Hall–Kier alpha value is -1.32. The highest BCUT2D eigenvalue weighted by atomic mass is 16.2. The third kappa shape index (κ3) is 2.35. The number of allylic oxidation sites excluding steroid dienone is 2. The number of nitrogens with one attached hydrogen (secondary N) is 1. The zero-order chi connectivity index (χ0) is 12.3. The van der Waals surface area contributed by atoms with Gasteiger partial charge in [-0.1, -0.05) is 18.1 Å². The van der Waals surface area contributed by atoms with E-state index in [1.54, 1.807) is 0 Å². The highest BCUT2D eigenvalue weighted by Crippen LogP contribution is 2.48. The number of nitrogens with two attached hydrogens (primary N) is 1. The second-order valence-corrected chi connectivity index (χ2v) is 5.08. The number of hydrogen-bond donors (Lipinski definition) is 2. The fraction of sp³-hybridized carbons (Fsp3) is 0.692. The first-order valence-corrected chi connectivity index (χ1v) is 6.45. The normalized spacial score (nSPS) is 29.2. The molecule has 1 fully saturated rings. The van der Waals surface area contributed by atoms with Crippen LogP contribution >= 0.6 is 0 Å². The molecular weight excluding hydrogens is 214 g/mol. The van der Waals surface area contributed by atoms with Gasteiger partial charge in [-0.3, -0.25) is 0 Å². The first-order chi connectivity index (χ1) is 8.15. The van der Waals surface area contributed by atoms with Crippen LogP contribution in [0.4, 0.5) is 4.79 Å². The Balaban J connectivity index is 2.24. The monoisotopic (exact) mass is 235 g/mol. The lowest BCUT2D eigenvalue weighted by molar-refractivity contribution is 0.249. The standard InChI is InChI=1S/C13H21N3O/c1-10(15-16-12(14)17)13-8-4-2-6-11(13)7-3-5-9-13/h6H,2-5,7-9H2,1H3,(H3,14,16,17)/b15-10+. The molecule has 0 aliphatic heterocycles. The maximum atomic E-state index is 10.7. The van der Waals surface area contributed by atoms with Crippen LogP contribution in [0, 0.1) is 5.41 Å². The molecule has 94 valence electrons. The zero-order valence-corrected chi connectivity index (χ0v) is 10.5. The lowest BCUT2D eigenvalue weighted by atomic mass is 9.62. The summed E-state index contributed by atoms with van der Waals surface area (Å²) in [5.41, 5.74) is 10.1. The van der Waals surface area contributed by atoms with Gasteiger partial charge >= 0.3 is 6.03 Å². The number of urea groups is 1. The summed E-state index contributed by atoms with van der Waals surface area (Å²) < 4.78 is 0. The first kappa shape index (κ1) is 12.1. The first-order valence-electron chi connectivity index (χ1n) is 6.45. The number of primary amides is 1. The number of carbonyl (C=O) groups is 1. The minimum Gasteiger partial charge on any atom is -0.350 e. The summed E-state index contributed by atoms with van der Waals surface area (Å²) in [5, 5.41) is 4.17. The summed E-state index contributed by atoms with van der Waals surface area (Å²) in [6.07, 6.45) is 10.8. The molecule has 17 heavy (non-hydrogen) atoms. The Morgan fingerprint density at radius 3 is 2.94 bits per heavy atom. The number of hydrazone groups is 1. The van der Waals surface area contributed by atoms with E-state index < -0.39 is 6.03 Å². The van der Waals surface area contributed by atoms with Crippen LogP contribution in [-0.2, 0) is 0 Å². The summed E-state index contributed by atoms with van der Waals surface area (Å²) in [7, 11) is 0. The number of rotatable bonds is 2. The van der Waals surface area contributed by atoms with Crippen molar-refractivity contribution < 1.29 is 4.79 Å². The van der Waals surface area contributed by atoms with Gasteiger partial charge in [-0.25, -0.2) is 10.2 Å². The van der Waals surface area contributed by atoms with E-state index >= 15 is 0 Å².